The molecule has 2 aromatic heterocycles. The summed E-state index contributed by atoms with van der Waals surface area (Å²) in [6, 6.07) is 8.93. The number of carboxylic acid groups (broad SMARTS) is 1. The molecule has 1 aliphatic heterocycles. The van der Waals surface area contributed by atoms with Crippen LogP contribution in [0.4, 0.5) is 11.5 Å². The van der Waals surface area contributed by atoms with E-state index in [0.717, 1.165) is 37.1 Å². The second kappa shape index (κ2) is 8.36. The van der Waals surface area contributed by atoms with E-state index in [9.17, 15) is 15.2 Å². The van der Waals surface area contributed by atoms with Gasteiger partial charge in [0.2, 0.25) is 0 Å². The summed E-state index contributed by atoms with van der Waals surface area (Å²) in [5.74, 6) is -0.565. The number of nitrogens with one attached hydrogen (secondary N) is 1. The second-order valence-corrected chi connectivity index (χ2v) is 8.01. The molecule has 1 fully saturated rings. The zero-order valence-corrected chi connectivity index (χ0v) is 17.9. The van der Waals surface area contributed by atoms with E-state index < -0.39 is 5.97 Å². The third kappa shape index (κ3) is 4.09. The van der Waals surface area contributed by atoms with Crippen LogP contribution in [0.2, 0.25) is 5.15 Å². The van der Waals surface area contributed by atoms with Crippen molar-refractivity contribution in [2.75, 3.05) is 23.3 Å². The monoisotopic (exact) mass is 436 g/mol. The van der Waals surface area contributed by atoms with Gasteiger partial charge in [-0.05, 0) is 50.5 Å². The van der Waals surface area contributed by atoms with E-state index in [4.69, 9.17) is 16.6 Å². The summed E-state index contributed by atoms with van der Waals surface area (Å²) in [4.78, 5) is 27.1. The van der Waals surface area contributed by atoms with Crippen molar-refractivity contribution in [1.82, 2.24) is 15.0 Å². The smallest absolute Gasteiger partial charge is 0.356 e. The Morgan fingerprint density at radius 3 is 2.68 bits per heavy atom. The average molecular weight is 437 g/mol. The van der Waals surface area contributed by atoms with Crippen molar-refractivity contribution >= 4 is 40.1 Å². The quantitative estimate of drug-likeness (QED) is 0.568. The Balaban J connectivity index is 1.80. The van der Waals surface area contributed by atoms with E-state index >= 15 is 0 Å². The van der Waals surface area contributed by atoms with Gasteiger partial charge in [0, 0.05) is 18.7 Å². The fraction of sp³-hybridized carbons (Fsp3) is 0.318. The van der Waals surface area contributed by atoms with Gasteiger partial charge in [-0.3, -0.25) is 0 Å². The molecule has 4 rings (SSSR count). The van der Waals surface area contributed by atoms with Crippen LogP contribution in [0.25, 0.3) is 11.0 Å². The molecule has 1 aromatic carbocycles. The Morgan fingerprint density at radius 2 is 2.00 bits per heavy atom. The van der Waals surface area contributed by atoms with Gasteiger partial charge in [-0.25, -0.2) is 19.7 Å². The van der Waals surface area contributed by atoms with E-state index in [1.807, 2.05) is 26.0 Å². The Labute approximate surface area is 184 Å². The number of anilines is 2. The summed E-state index contributed by atoms with van der Waals surface area (Å²) in [7, 11) is 0. The highest BCUT2D eigenvalue weighted by Gasteiger charge is 2.22. The van der Waals surface area contributed by atoms with Gasteiger partial charge in [0.05, 0.1) is 22.8 Å². The number of nitriles is 1. The van der Waals surface area contributed by atoms with E-state index in [1.54, 1.807) is 12.1 Å². The van der Waals surface area contributed by atoms with Gasteiger partial charge in [0.25, 0.3) is 0 Å². The topological polar surface area (TPSA) is 115 Å². The minimum atomic E-state index is -1.17. The standard InChI is InChI=1S/C22H21ClN6O2/c1-12-9-14(13(2)25-15-5-6-18(23)27-20(15)22(30)31)19-16(10-12)26-17(11-24)21(28-19)29-7-3-4-8-29/h5-6,9-10,13,25H,3-4,7-8H2,1-2H3,(H,30,31). The molecule has 8 nitrogen and oxygen atoms in total. The van der Waals surface area contributed by atoms with Crippen molar-refractivity contribution in [2.45, 2.75) is 32.7 Å². The number of hydrogen-bond acceptors (Lipinski definition) is 7. The van der Waals surface area contributed by atoms with Crippen molar-refractivity contribution < 1.29 is 9.90 Å². The van der Waals surface area contributed by atoms with Crippen molar-refractivity contribution in [3.05, 3.63) is 51.9 Å². The number of rotatable bonds is 5. The number of pyridine rings is 1. The molecule has 2 N–H and O–H groups in total. The van der Waals surface area contributed by atoms with Crippen LogP contribution in [-0.4, -0.2) is 39.1 Å². The minimum absolute atomic E-state index is 0.113. The Bertz CT molecular complexity index is 1220. The molecular weight excluding hydrogens is 416 g/mol. The molecule has 1 aliphatic rings. The highest BCUT2D eigenvalue weighted by molar-refractivity contribution is 6.29. The highest BCUT2D eigenvalue weighted by Crippen LogP contribution is 2.31. The number of benzene rings is 1. The van der Waals surface area contributed by atoms with E-state index in [1.165, 1.54) is 0 Å². The van der Waals surface area contributed by atoms with Crippen LogP contribution in [0.3, 0.4) is 0 Å². The molecule has 0 bridgehead atoms. The lowest BCUT2D eigenvalue weighted by molar-refractivity contribution is 0.0691. The van der Waals surface area contributed by atoms with Gasteiger partial charge in [0.1, 0.15) is 11.2 Å². The number of carboxylic acids is 1. The number of halogens is 1. The zero-order valence-electron chi connectivity index (χ0n) is 17.2. The third-order valence-corrected chi connectivity index (χ3v) is 5.55. The van der Waals surface area contributed by atoms with Crippen molar-refractivity contribution in [3.8, 4) is 6.07 Å². The lowest BCUT2D eigenvalue weighted by atomic mass is 10.0. The van der Waals surface area contributed by atoms with Crippen LogP contribution in [0.15, 0.2) is 24.3 Å². The van der Waals surface area contributed by atoms with Crippen LogP contribution in [0.1, 0.15) is 53.1 Å². The predicted octanol–water partition coefficient (Wildman–Crippen LogP) is 4.33. The molecule has 1 unspecified atom stereocenters. The number of aromatic carboxylic acids is 1. The van der Waals surface area contributed by atoms with E-state index in [2.05, 4.69) is 26.3 Å². The first-order valence-corrected chi connectivity index (χ1v) is 10.4. The molecule has 0 aliphatic carbocycles. The maximum Gasteiger partial charge on any atom is 0.356 e. The molecule has 158 valence electrons. The summed E-state index contributed by atoms with van der Waals surface area (Å²) in [5.41, 5.74) is 3.68. The van der Waals surface area contributed by atoms with Crippen molar-refractivity contribution in [3.63, 3.8) is 0 Å². The van der Waals surface area contributed by atoms with Crippen LogP contribution >= 0.6 is 11.6 Å². The molecule has 1 atom stereocenters. The Kier molecular flexibility index (Phi) is 5.61. The number of carbonyl (C=O) groups is 1. The highest BCUT2D eigenvalue weighted by atomic mass is 35.5. The predicted molar refractivity (Wildman–Crippen MR) is 119 cm³/mol. The first-order valence-electron chi connectivity index (χ1n) is 10.0. The Morgan fingerprint density at radius 1 is 1.26 bits per heavy atom. The lowest BCUT2D eigenvalue weighted by Crippen LogP contribution is -2.21. The summed E-state index contributed by atoms with van der Waals surface area (Å²) < 4.78 is 0. The summed E-state index contributed by atoms with van der Waals surface area (Å²) in [6.45, 7) is 5.57. The van der Waals surface area contributed by atoms with Gasteiger partial charge < -0.3 is 15.3 Å². The molecule has 0 spiro atoms. The second-order valence-electron chi connectivity index (χ2n) is 7.62. The number of aromatic nitrogens is 3. The first kappa shape index (κ1) is 20.8. The maximum atomic E-state index is 11.6. The van der Waals surface area contributed by atoms with Gasteiger partial charge in [0.15, 0.2) is 17.2 Å². The molecular formula is C22H21ClN6O2. The molecule has 3 aromatic rings. The van der Waals surface area contributed by atoms with Crippen LogP contribution in [0.5, 0.6) is 0 Å². The van der Waals surface area contributed by atoms with Crippen molar-refractivity contribution in [2.24, 2.45) is 0 Å². The van der Waals surface area contributed by atoms with Crippen LogP contribution in [0, 0.1) is 18.3 Å². The van der Waals surface area contributed by atoms with Gasteiger partial charge in [-0.2, -0.15) is 5.26 Å². The summed E-state index contributed by atoms with van der Waals surface area (Å²) in [6.07, 6.45) is 2.12. The normalized spacial score (nSPS) is 14.5. The third-order valence-electron chi connectivity index (χ3n) is 5.34. The zero-order chi connectivity index (χ0) is 22.1. The van der Waals surface area contributed by atoms with Crippen LogP contribution in [-0.2, 0) is 0 Å². The van der Waals surface area contributed by atoms with Crippen molar-refractivity contribution in [1.29, 1.82) is 5.26 Å². The van der Waals surface area contributed by atoms with Gasteiger partial charge in [-0.15, -0.1) is 0 Å². The molecule has 3 heterocycles. The minimum Gasteiger partial charge on any atom is -0.476 e. The molecule has 9 heteroatoms. The number of hydrogen-bond donors (Lipinski definition) is 2. The summed E-state index contributed by atoms with van der Waals surface area (Å²) >= 11 is 5.87. The molecule has 0 radical (unpaired) electrons. The van der Waals surface area contributed by atoms with E-state index in [-0.39, 0.29) is 16.9 Å². The first-order chi connectivity index (χ1) is 14.9. The number of fused-ring (bicyclic) bond motifs is 1. The Hall–Kier alpha value is -3.44. The molecule has 31 heavy (non-hydrogen) atoms. The molecule has 0 amide bonds. The average Bonchev–Trinajstić information content (AvgIpc) is 3.27. The molecule has 1 saturated heterocycles. The van der Waals surface area contributed by atoms with E-state index in [0.29, 0.717) is 28.2 Å². The largest absolute Gasteiger partial charge is 0.476 e. The van der Waals surface area contributed by atoms with Crippen LogP contribution < -0.4 is 10.2 Å². The number of nitrogens with zero attached hydrogens (tertiary/aromatic N) is 5. The lowest BCUT2D eigenvalue weighted by Gasteiger charge is -2.21. The SMILES string of the molecule is Cc1cc(C(C)Nc2ccc(Cl)nc2C(=O)O)c2nc(N3CCCC3)c(C#N)nc2c1. The van der Waals surface area contributed by atoms with Gasteiger partial charge >= 0.3 is 5.97 Å². The molecule has 0 saturated carbocycles. The maximum absolute atomic E-state index is 11.6. The summed E-state index contributed by atoms with van der Waals surface area (Å²) in [5, 5.41) is 22.4. The fourth-order valence-corrected chi connectivity index (χ4v) is 4.05. The fourth-order valence-electron chi connectivity index (χ4n) is 3.90. The number of aryl methyl sites for hydroxylation is 1. The van der Waals surface area contributed by atoms with Gasteiger partial charge in [-0.1, -0.05) is 17.7 Å².